The molecule has 0 spiro atoms. The van der Waals surface area contributed by atoms with Crippen LogP contribution in [0.3, 0.4) is 0 Å². The number of nitrogens with one attached hydrogen (secondary N) is 1. The Morgan fingerprint density at radius 2 is 1.73 bits per heavy atom. The van der Waals surface area contributed by atoms with E-state index in [-0.39, 0.29) is 17.3 Å². The van der Waals surface area contributed by atoms with Crippen LogP contribution in [0.25, 0.3) is 0 Å². The lowest BCUT2D eigenvalue weighted by Crippen LogP contribution is -2.52. The number of nitrogens with zero attached hydrogens (tertiary/aromatic N) is 2. The van der Waals surface area contributed by atoms with Crippen LogP contribution in [-0.2, 0) is 26.2 Å². The molecule has 0 radical (unpaired) electrons. The third-order valence-corrected chi connectivity index (χ3v) is 8.47. The minimum absolute atomic E-state index is 0.0456. The summed E-state index contributed by atoms with van der Waals surface area (Å²) in [6, 6.07) is 19.2. The van der Waals surface area contributed by atoms with E-state index in [0.29, 0.717) is 35.0 Å². The van der Waals surface area contributed by atoms with Gasteiger partial charge in [-0.2, -0.15) is 0 Å². The second-order valence-electron chi connectivity index (χ2n) is 9.34. The summed E-state index contributed by atoms with van der Waals surface area (Å²) in [7, 11) is -2.59. The van der Waals surface area contributed by atoms with Gasteiger partial charge in [-0.05, 0) is 73.4 Å². The molecule has 10 heteroatoms. The van der Waals surface area contributed by atoms with Crippen molar-refractivity contribution in [1.82, 2.24) is 10.2 Å². The molecule has 0 aliphatic rings. The molecule has 3 rings (SSSR count). The largest absolute Gasteiger partial charge is 0.497 e. The number of carbonyl (C=O) groups is 2. The molecular formula is C30H36ClN3O5S. The molecule has 0 fully saturated rings. The van der Waals surface area contributed by atoms with Gasteiger partial charge in [0.1, 0.15) is 18.3 Å². The van der Waals surface area contributed by atoms with E-state index < -0.39 is 28.5 Å². The van der Waals surface area contributed by atoms with Gasteiger partial charge in [0.25, 0.3) is 10.0 Å². The number of methoxy groups -OCH3 is 1. The van der Waals surface area contributed by atoms with E-state index in [4.69, 9.17) is 16.3 Å². The third kappa shape index (κ3) is 7.55. The summed E-state index contributed by atoms with van der Waals surface area (Å²) in [5, 5.41) is 3.33. The zero-order chi connectivity index (χ0) is 29.3. The number of halogens is 1. The Labute approximate surface area is 241 Å². The van der Waals surface area contributed by atoms with E-state index in [1.54, 1.807) is 68.6 Å². The number of rotatable bonds is 13. The fourth-order valence-electron chi connectivity index (χ4n) is 4.38. The SMILES string of the molecule is CCCNC(=O)[C@H](CC)N(Cc1cccc(OC)c1)C(=O)CN(c1ccc(Cl)cc1C)S(=O)(=O)c1ccccc1. The number of anilines is 1. The number of carbonyl (C=O) groups excluding carboxylic acids is 2. The van der Waals surface area contributed by atoms with Gasteiger partial charge in [-0.15, -0.1) is 0 Å². The minimum atomic E-state index is -4.15. The van der Waals surface area contributed by atoms with Gasteiger partial charge < -0.3 is 15.0 Å². The van der Waals surface area contributed by atoms with Crippen molar-refractivity contribution in [3.63, 3.8) is 0 Å². The molecular weight excluding hydrogens is 550 g/mol. The second kappa shape index (κ2) is 14.2. The van der Waals surface area contributed by atoms with Crippen molar-refractivity contribution < 1.29 is 22.7 Å². The first-order chi connectivity index (χ1) is 19.1. The van der Waals surface area contributed by atoms with Crippen molar-refractivity contribution in [1.29, 1.82) is 0 Å². The van der Waals surface area contributed by atoms with Crippen molar-refractivity contribution in [3.8, 4) is 5.75 Å². The molecule has 0 saturated heterocycles. The fraction of sp³-hybridized carbons (Fsp3) is 0.333. The van der Waals surface area contributed by atoms with Crippen LogP contribution in [0, 0.1) is 6.92 Å². The number of aryl methyl sites for hydroxylation is 1. The van der Waals surface area contributed by atoms with Crippen LogP contribution in [0.2, 0.25) is 5.02 Å². The van der Waals surface area contributed by atoms with E-state index >= 15 is 0 Å². The number of amides is 2. The normalized spacial score (nSPS) is 11.9. The Balaban J connectivity index is 2.08. The summed E-state index contributed by atoms with van der Waals surface area (Å²) in [5.41, 5.74) is 1.66. The predicted molar refractivity (Wildman–Crippen MR) is 158 cm³/mol. The second-order valence-corrected chi connectivity index (χ2v) is 11.6. The van der Waals surface area contributed by atoms with Gasteiger partial charge in [0.2, 0.25) is 11.8 Å². The first kappa shape index (κ1) is 31.0. The molecule has 3 aromatic carbocycles. The van der Waals surface area contributed by atoms with E-state index in [0.717, 1.165) is 16.3 Å². The maximum atomic E-state index is 14.1. The Kier molecular flexibility index (Phi) is 11.0. The number of hydrogen-bond donors (Lipinski definition) is 1. The first-order valence-electron chi connectivity index (χ1n) is 13.2. The zero-order valence-corrected chi connectivity index (χ0v) is 24.8. The first-order valence-corrected chi connectivity index (χ1v) is 15.0. The maximum Gasteiger partial charge on any atom is 0.264 e. The van der Waals surface area contributed by atoms with Crippen LogP contribution >= 0.6 is 11.6 Å². The Bertz CT molecular complexity index is 1420. The Morgan fingerprint density at radius 3 is 2.35 bits per heavy atom. The van der Waals surface area contributed by atoms with E-state index in [1.165, 1.54) is 17.0 Å². The highest BCUT2D eigenvalue weighted by Crippen LogP contribution is 2.29. The summed E-state index contributed by atoms with van der Waals surface area (Å²) >= 11 is 6.16. The lowest BCUT2D eigenvalue weighted by molar-refractivity contribution is -0.140. The molecule has 3 aromatic rings. The highest BCUT2D eigenvalue weighted by atomic mass is 35.5. The molecule has 0 heterocycles. The van der Waals surface area contributed by atoms with Crippen molar-refractivity contribution in [2.45, 2.75) is 51.1 Å². The smallest absolute Gasteiger partial charge is 0.264 e. The van der Waals surface area contributed by atoms with Crippen LogP contribution < -0.4 is 14.4 Å². The van der Waals surface area contributed by atoms with E-state index in [9.17, 15) is 18.0 Å². The monoisotopic (exact) mass is 585 g/mol. The number of ether oxygens (including phenoxy) is 1. The minimum Gasteiger partial charge on any atom is -0.497 e. The highest BCUT2D eigenvalue weighted by Gasteiger charge is 2.34. The zero-order valence-electron chi connectivity index (χ0n) is 23.3. The molecule has 0 bridgehead atoms. The van der Waals surface area contributed by atoms with Gasteiger partial charge in [-0.25, -0.2) is 8.42 Å². The van der Waals surface area contributed by atoms with Crippen LogP contribution in [0.4, 0.5) is 5.69 Å². The molecule has 0 aromatic heterocycles. The van der Waals surface area contributed by atoms with Crippen LogP contribution in [0.1, 0.15) is 37.8 Å². The quantitative estimate of drug-likeness (QED) is 0.298. The van der Waals surface area contributed by atoms with Gasteiger partial charge >= 0.3 is 0 Å². The molecule has 0 saturated carbocycles. The molecule has 0 aliphatic carbocycles. The van der Waals surface area contributed by atoms with Gasteiger partial charge in [-0.1, -0.05) is 55.8 Å². The summed E-state index contributed by atoms with van der Waals surface area (Å²) in [4.78, 5) is 28.8. The topological polar surface area (TPSA) is 96.0 Å². The molecule has 1 N–H and O–H groups in total. The van der Waals surface area contributed by atoms with E-state index in [1.807, 2.05) is 19.9 Å². The Hall–Kier alpha value is -3.56. The summed E-state index contributed by atoms with van der Waals surface area (Å²) in [6.45, 7) is 5.55. The van der Waals surface area contributed by atoms with Crippen molar-refractivity contribution in [2.24, 2.45) is 0 Å². The van der Waals surface area contributed by atoms with Crippen molar-refractivity contribution >= 4 is 39.1 Å². The van der Waals surface area contributed by atoms with Gasteiger partial charge in [0, 0.05) is 18.1 Å². The standard InChI is InChI=1S/C30H36ClN3O5S/c1-5-17-32-30(36)27(6-2)33(20-23-11-10-12-25(19-23)39-4)29(35)21-34(28-16-15-24(31)18-22(28)3)40(37,38)26-13-8-7-9-14-26/h7-16,18-19,27H,5-6,17,20-21H2,1-4H3,(H,32,36)/t27-/m0/s1. The predicted octanol–water partition coefficient (Wildman–Crippen LogP) is 5.19. The molecule has 0 aliphatic heterocycles. The maximum absolute atomic E-state index is 14.1. The van der Waals surface area contributed by atoms with Crippen molar-refractivity contribution in [3.05, 3.63) is 88.9 Å². The number of benzene rings is 3. The summed E-state index contributed by atoms with van der Waals surface area (Å²) in [5.74, 6) is -0.200. The number of hydrogen-bond acceptors (Lipinski definition) is 5. The number of sulfonamides is 1. The molecule has 8 nitrogen and oxygen atoms in total. The van der Waals surface area contributed by atoms with Gasteiger partial charge in [0.05, 0.1) is 17.7 Å². The molecule has 0 unspecified atom stereocenters. The molecule has 2 amide bonds. The Morgan fingerprint density at radius 1 is 1.00 bits per heavy atom. The molecule has 214 valence electrons. The van der Waals surface area contributed by atoms with Gasteiger partial charge in [-0.3, -0.25) is 13.9 Å². The van der Waals surface area contributed by atoms with Crippen molar-refractivity contribution in [2.75, 3.05) is 24.5 Å². The molecule has 1 atom stereocenters. The highest BCUT2D eigenvalue weighted by molar-refractivity contribution is 7.92. The summed E-state index contributed by atoms with van der Waals surface area (Å²) < 4.78 is 34.3. The van der Waals surface area contributed by atoms with Gasteiger partial charge in [0.15, 0.2) is 0 Å². The third-order valence-electron chi connectivity index (χ3n) is 6.46. The lowest BCUT2D eigenvalue weighted by Gasteiger charge is -2.33. The van der Waals surface area contributed by atoms with Crippen LogP contribution in [-0.4, -0.2) is 51.4 Å². The van der Waals surface area contributed by atoms with Crippen LogP contribution in [0.15, 0.2) is 77.7 Å². The fourth-order valence-corrected chi connectivity index (χ4v) is 6.11. The van der Waals surface area contributed by atoms with Crippen LogP contribution in [0.5, 0.6) is 5.75 Å². The molecule has 40 heavy (non-hydrogen) atoms. The lowest BCUT2D eigenvalue weighted by atomic mass is 10.1. The average molecular weight is 586 g/mol. The average Bonchev–Trinajstić information content (AvgIpc) is 2.95. The van der Waals surface area contributed by atoms with E-state index in [2.05, 4.69) is 5.32 Å². The summed E-state index contributed by atoms with van der Waals surface area (Å²) in [6.07, 6.45) is 1.08.